The van der Waals surface area contributed by atoms with Crippen LogP contribution in [-0.4, -0.2) is 31.9 Å². The van der Waals surface area contributed by atoms with E-state index < -0.39 is 5.82 Å². The van der Waals surface area contributed by atoms with Crippen LogP contribution >= 0.6 is 12.4 Å². The average Bonchev–Trinajstić information content (AvgIpc) is 2.45. The Morgan fingerprint density at radius 1 is 1.33 bits per heavy atom. The summed E-state index contributed by atoms with van der Waals surface area (Å²) >= 11 is 0. The van der Waals surface area contributed by atoms with Gasteiger partial charge in [-0.05, 0) is 31.2 Å². The number of ketones is 1. The van der Waals surface area contributed by atoms with E-state index in [9.17, 15) is 14.0 Å². The third-order valence-corrected chi connectivity index (χ3v) is 2.76. The third kappa shape index (κ3) is 6.55. The minimum Gasteiger partial charge on any atom is -0.494 e. The molecule has 0 aliphatic heterocycles. The molecule has 0 radical (unpaired) electrons. The number of rotatable bonds is 8. The molecule has 21 heavy (non-hydrogen) atoms. The second-order valence-corrected chi connectivity index (χ2v) is 4.26. The van der Waals surface area contributed by atoms with Crippen LogP contribution in [0.15, 0.2) is 18.2 Å². The van der Waals surface area contributed by atoms with Gasteiger partial charge < -0.3 is 15.8 Å². The summed E-state index contributed by atoms with van der Waals surface area (Å²) in [6, 6.07) is 3.99. The maximum atomic E-state index is 13.4. The predicted molar refractivity (Wildman–Crippen MR) is 80.4 cm³/mol. The maximum Gasteiger partial charge on any atom is 0.220 e. The lowest BCUT2D eigenvalue weighted by molar-refractivity contribution is -0.121. The molecule has 0 fully saturated rings. The number of hydrogen-bond donors (Lipinski definition) is 2. The van der Waals surface area contributed by atoms with Gasteiger partial charge in [-0.3, -0.25) is 9.59 Å². The highest BCUT2D eigenvalue weighted by molar-refractivity contribution is 5.98. The highest BCUT2D eigenvalue weighted by atomic mass is 35.5. The van der Waals surface area contributed by atoms with E-state index >= 15 is 0 Å². The van der Waals surface area contributed by atoms with E-state index in [-0.39, 0.29) is 48.3 Å². The topological polar surface area (TPSA) is 81.4 Å². The standard InChI is InChI=1S/C14H19FN2O3.ClH/c1-20-13-5-3-10(9-11(13)15)12(18)4-6-14(19)17-8-2-7-16;/h3,5,9H,2,4,6-8,16H2,1H3,(H,17,19);1H. The second-order valence-electron chi connectivity index (χ2n) is 4.26. The molecule has 0 atom stereocenters. The fourth-order valence-corrected chi connectivity index (χ4v) is 1.63. The van der Waals surface area contributed by atoms with Crippen LogP contribution in [0.25, 0.3) is 0 Å². The van der Waals surface area contributed by atoms with Gasteiger partial charge in [0.05, 0.1) is 7.11 Å². The van der Waals surface area contributed by atoms with E-state index in [1.807, 2.05) is 0 Å². The molecule has 0 unspecified atom stereocenters. The molecule has 1 aromatic carbocycles. The number of hydrogen-bond acceptors (Lipinski definition) is 4. The Morgan fingerprint density at radius 3 is 2.62 bits per heavy atom. The van der Waals surface area contributed by atoms with Crippen LogP contribution in [0.4, 0.5) is 4.39 Å². The van der Waals surface area contributed by atoms with Gasteiger partial charge in [-0.15, -0.1) is 12.4 Å². The summed E-state index contributed by atoms with van der Waals surface area (Å²) in [5.74, 6) is -0.992. The van der Waals surface area contributed by atoms with Crippen LogP contribution < -0.4 is 15.8 Å². The van der Waals surface area contributed by atoms with Gasteiger partial charge in [0.15, 0.2) is 17.3 Å². The number of benzene rings is 1. The van der Waals surface area contributed by atoms with Crippen LogP contribution in [0.1, 0.15) is 29.6 Å². The molecule has 1 aromatic rings. The first-order valence-electron chi connectivity index (χ1n) is 6.42. The second kappa shape index (κ2) is 10.1. The van der Waals surface area contributed by atoms with Crippen molar-refractivity contribution in [2.45, 2.75) is 19.3 Å². The fourth-order valence-electron chi connectivity index (χ4n) is 1.63. The van der Waals surface area contributed by atoms with Crippen molar-refractivity contribution >= 4 is 24.1 Å². The molecule has 0 aliphatic rings. The number of ether oxygens (including phenoxy) is 1. The Labute approximate surface area is 129 Å². The third-order valence-electron chi connectivity index (χ3n) is 2.76. The molecule has 1 rings (SSSR count). The van der Waals surface area contributed by atoms with Crippen molar-refractivity contribution < 1.29 is 18.7 Å². The van der Waals surface area contributed by atoms with E-state index in [1.165, 1.54) is 19.2 Å². The number of carbonyl (C=O) groups is 2. The van der Waals surface area contributed by atoms with Gasteiger partial charge in [0.2, 0.25) is 5.91 Å². The Bertz CT molecular complexity index is 483. The lowest BCUT2D eigenvalue weighted by atomic mass is 10.1. The molecule has 0 heterocycles. The molecule has 1 amide bonds. The molecule has 3 N–H and O–H groups in total. The molecule has 7 heteroatoms. The van der Waals surface area contributed by atoms with E-state index in [0.29, 0.717) is 19.5 Å². The quantitative estimate of drug-likeness (QED) is 0.564. The number of carbonyl (C=O) groups excluding carboxylic acids is 2. The summed E-state index contributed by atoms with van der Waals surface area (Å²) in [6.07, 6.45) is 0.820. The van der Waals surface area contributed by atoms with Crippen LogP contribution in [0.2, 0.25) is 0 Å². The summed E-state index contributed by atoms with van der Waals surface area (Å²) in [4.78, 5) is 23.2. The summed E-state index contributed by atoms with van der Waals surface area (Å²) in [6.45, 7) is 1.00. The molecule has 0 saturated carbocycles. The highest BCUT2D eigenvalue weighted by Gasteiger charge is 2.12. The zero-order valence-electron chi connectivity index (χ0n) is 11.9. The predicted octanol–water partition coefficient (Wildman–Crippen LogP) is 1.68. The van der Waals surface area contributed by atoms with Gasteiger partial charge in [-0.25, -0.2) is 4.39 Å². The number of methoxy groups -OCH3 is 1. The van der Waals surface area contributed by atoms with Crippen molar-refractivity contribution in [2.75, 3.05) is 20.2 Å². The van der Waals surface area contributed by atoms with Crippen LogP contribution in [0.5, 0.6) is 5.75 Å². The van der Waals surface area contributed by atoms with Crippen molar-refractivity contribution in [2.24, 2.45) is 5.73 Å². The normalized spacial score (nSPS) is 9.67. The Kier molecular flexibility index (Phi) is 9.32. The van der Waals surface area contributed by atoms with Gasteiger partial charge in [0, 0.05) is 24.9 Å². The van der Waals surface area contributed by atoms with Crippen molar-refractivity contribution in [3.63, 3.8) is 0 Å². The molecule has 0 spiro atoms. The smallest absolute Gasteiger partial charge is 0.220 e. The molecule has 5 nitrogen and oxygen atoms in total. The summed E-state index contributed by atoms with van der Waals surface area (Å²) < 4.78 is 18.2. The Morgan fingerprint density at radius 2 is 2.05 bits per heavy atom. The van der Waals surface area contributed by atoms with Crippen LogP contribution in [0, 0.1) is 5.82 Å². The molecule has 0 bridgehead atoms. The Hall–Kier alpha value is -1.66. The lowest BCUT2D eigenvalue weighted by Gasteiger charge is -2.05. The van der Waals surface area contributed by atoms with Gasteiger partial charge in [-0.2, -0.15) is 0 Å². The van der Waals surface area contributed by atoms with Crippen LogP contribution in [0.3, 0.4) is 0 Å². The first-order chi connectivity index (χ1) is 9.58. The molecule has 118 valence electrons. The van der Waals surface area contributed by atoms with E-state index in [2.05, 4.69) is 5.32 Å². The highest BCUT2D eigenvalue weighted by Crippen LogP contribution is 2.18. The maximum absolute atomic E-state index is 13.4. The molecular weight excluding hydrogens is 299 g/mol. The molecule has 0 saturated heterocycles. The van der Waals surface area contributed by atoms with E-state index in [4.69, 9.17) is 10.5 Å². The number of nitrogens with two attached hydrogens (primary N) is 1. The van der Waals surface area contributed by atoms with E-state index in [0.717, 1.165) is 6.07 Å². The minimum atomic E-state index is -0.592. The Balaban J connectivity index is 0.00000400. The number of Topliss-reactive ketones (excluding diaryl/α,β-unsaturated/α-hetero) is 1. The van der Waals surface area contributed by atoms with Gasteiger partial charge in [0.1, 0.15) is 0 Å². The van der Waals surface area contributed by atoms with Gasteiger partial charge in [0.25, 0.3) is 0 Å². The van der Waals surface area contributed by atoms with Gasteiger partial charge in [-0.1, -0.05) is 0 Å². The monoisotopic (exact) mass is 318 g/mol. The number of nitrogens with one attached hydrogen (secondary N) is 1. The summed E-state index contributed by atoms with van der Waals surface area (Å²) in [5, 5.41) is 2.65. The van der Waals surface area contributed by atoms with Crippen molar-refractivity contribution in [1.29, 1.82) is 0 Å². The van der Waals surface area contributed by atoms with Crippen LogP contribution in [-0.2, 0) is 4.79 Å². The largest absolute Gasteiger partial charge is 0.494 e. The van der Waals surface area contributed by atoms with Gasteiger partial charge >= 0.3 is 0 Å². The zero-order valence-corrected chi connectivity index (χ0v) is 12.7. The minimum absolute atomic E-state index is 0. The zero-order chi connectivity index (χ0) is 15.0. The molecule has 0 aromatic heterocycles. The van der Waals surface area contributed by atoms with Crippen molar-refractivity contribution in [3.05, 3.63) is 29.6 Å². The van der Waals surface area contributed by atoms with Crippen molar-refractivity contribution in [1.82, 2.24) is 5.32 Å². The fraction of sp³-hybridized carbons (Fsp3) is 0.429. The first kappa shape index (κ1) is 19.3. The summed E-state index contributed by atoms with van der Waals surface area (Å²) in [5.41, 5.74) is 5.53. The lowest BCUT2D eigenvalue weighted by Crippen LogP contribution is -2.26. The number of amides is 1. The van der Waals surface area contributed by atoms with Crippen molar-refractivity contribution in [3.8, 4) is 5.75 Å². The average molecular weight is 319 g/mol. The molecule has 0 aliphatic carbocycles. The summed E-state index contributed by atoms with van der Waals surface area (Å²) in [7, 11) is 1.35. The molecular formula is C14H20ClFN2O3. The SMILES string of the molecule is COc1ccc(C(=O)CCC(=O)NCCCN)cc1F.Cl. The first-order valence-corrected chi connectivity index (χ1v) is 6.42. The van der Waals surface area contributed by atoms with E-state index in [1.54, 1.807) is 0 Å². The number of halogens is 2.